The van der Waals surface area contributed by atoms with Crippen molar-refractivity contribution in [3.05, 3.63) is 58.1 Å². The summed E-state index contributed by atoms with van der Waals surface area (Å²) in [5, 5.41) is 0.516. The highest BCUT2D eigenvalue weighted by atomic mass is 32.1. The number of thiocarbonyl (C=S) groups is 1. The van der Waals surface area contributed by atoms with Gasteiger partial charge in [0.2, 0.25) is 0 Å². The Morgan fingerprint density at radius 3 is 2.35 bits per heavy atom. The van der Waals surface area contributed by atoms with Crippen molar-refractivity contribution in [2.75, 3.05) is 0 Å². The smallest absolute Gasteiger partial charge is 0.164 e. The van der Waals surface area contributed by atoms with Gasteiger partial charge in [-0.15, -0.1) is 0 Å². The zero-order valence-corrected chi connectivity index (χ0v) is 15.3. The molecule has 122 valence electrons. The van der Waals surface area contributed by atoms with Crippen molar-refractivity contribution in [3.63, 3.8) is 0 Å². The third-order valence-corrected chi connectivity index (χ3v) is 4.11. The van der Waals surface area contributed by atoms with E-state index in [1.807, 2.05) is 12.1 Å². The minimum absolute atomic E-state index is 0.477. The fourth-order valence-electron chi connectivity index (χ4n) is 2.60. The van der Waals surface area contributed by atoms with E-state index in [0.29, 0.717) is 11.7 Å². The van der Waals surface area contributed by atoms with Crippen LogP contribution in [0.5, 0.6) is 11.5 Å². The fraction of sp³-hybridized carbons (Fsp3) is 0.350. The Balaban J connectivity index is 2.29. The predicted molar refractivity (Wildman–Crippen MR) is 99.7 cm³/mol. The lowest BCUT2D eigenvalue weighted by molar-refractivity contribution is 0.298. The molecular weight excluding hydrogens is 304 g/mol. The first-order valence-electron chi connectivity index (χ1n) is 7.92. The Morgan fingerprint density at radius 1 is 1.00 bits per heavy atom. The first-order chi connectivity index (χ1) is 10.9. The second-order valence-electron chi connectivity index (χ2n) is 5.83. The summed E-state index contributed by atoms with van der Waals surface area (Å²) in [6.07, 6.45) is 0.929. The van der Waals surface area contributed by atoms with E-state index in [9.17, 15) is 0 Å². The summed E-state index contributed by atoms with van der Waals surface area (Å²) < 4.78 is 11.8. The third kappa shape index (κ3) is 4.32. The summed E-state index contributed by atoms with van der Waals surface area (Å²) in [5.74, 6) is 1.71. The minimum atomic E-state index is 0.477. The third-order valence-electron chi connectivity index (χ3n) is 4.03. The summed E-state index contributed by atoms with van der Waals surface area (Å²) in [6, 6.07) is 10.3. The van der Waals surface area contributed by atoms with Crippen molar-refractivity contribution in [1.82, 2.24) is 0 Å². The van der Waals surface area contributed by atoms with E-state index in [0.717, 1.165) is 29.0 Å². The van der Waals surface area contributed by atoms with Crippen LogP contribution in [0.1, 0.15) is 41.7 Å². The van der Waals surface area contributed by atoms with Crippen LogP contribution in [-0.4, -0.2) is 5.05 Å². The van der Waals surface area contributed by atoms with Gasteiger partial charge in [-0.3, -0.25) is 0 Å². The molecule has 0 spiro atoms. The maximum absolute atomic E-state index is 6.10. The maximum atomic E-state index is 6.10. The Bertz CT molecular complexity index is 720. The van der Waals surface area contributed by atoms with E-state index in [-0.39, 0.29) is 0 Å². The van der Waals surface area contributed by atoms with Crippen LogP contribution in [0.3, 0.4) is 0 Å². The van der Waals surface area contributed by atoms with Crippen LogP contribution in [0.4, 0.5) is 0 Å². The summed E-state index contributed by atoms with van der Waals surface area (Å²) in [7, 11) is 0. The monoisotopic (exact) mass is 328 g/mol. The van der Waals surface area contributed by atoms with Gasteiger partial charge in [0.1, 0.15) is 18.1 Å². The zero-order chi connectivity index (χ0) is 17.0. The van der Waals surface area contributed by atoms with Crippen molar-refractivity contribution in [2.45, 2.75) is 47.6 Å². The molecule has 0 bridgehead atoms. The van der Waals surface area contributed by atoms with Crippen molar-refractivity contribution in [2.24, 2.45) is 0 Å². The Labute approximate surface area is 144 Å². The molecule has 3 heteroatoms. The van der Waals surface area contributed by atoms with Crippen molar-refractivity contribution in [3.8, 4) is 11.5 Å². The lowest BCUT2D eigenvalue weighted by Crippen LogP contribution is -2.07. The van der Waals surface area contributed by atoms with Crippen LogP contribution in [-0.2, 0) is 13.0 Å². The van der Waals surface area contributed by atoms with Gasteiger partial charge >= 0.3 is 0 Å². The molecule has 0 radical (unpaired) electrons. The quantitative estimate of drug-likeness (QED) is 0.677. The molecule has 23 heavy (non-hydrogen) atoms. The summed E-state index contributed by atoms with van der Waals surface area (Å²) in [6.45, 7) is 10.7. The Kier molecular flexibility index (Phi) is 5.78. The molecule has 0 atom stereocenters. The van der Waals surface area contributed by atoms with Crippen LogP contribution in [0, 0.1) is 20.8 Å². The summed E-state index contributed by atoms with van der Waals surface area (Å²) >= 11 is 5.08. The molecular formula is C20H24O2S. The highest BCUT2D eigenvalue weighted by Crippen LogP contribution is 2.28. The van der Waals surface area contributed by atoms with Crippen LogP contribution in [0.25, 0.3) is 0 Å². The van der Waals surface area contributed by atoms with Crippen molar-refractivity contribution in [1.29, 1.82) is 0 Å². The number of benzene rings is 2. The minimum Gasteiger partial charge on any atom is -0.488 e. The molecule has 0 heterocycles. The summed E-state index contributed by atoms with van der Waals surface area (Å²) in [4.78, 5) is 0. The number of hydrogen-bond acceptors (Lipinski definition) is 3. The molecule has 2 rings (SSSR count). The van der Waals surface area contributed by atoms with Crippen molar-refractivity contribution < 1.29 is 9.47 Å². The lowest BCUT2D eigenvalue weighted by Gasteiger charge is -2.16. The second-order valence-corrected chi connectivity index (χ2v) is 6.41. The van der Waals surface area contributed by atoms with Gasteiger partial charge in [-0.05, 0) is 73.8 Å². The van der Waals surface area contributed by atoms with Gasteiger partial charge in [-0.2, -0.15) is 0 Å². The molecule has 0 unspecified atom stereocenters. The Hall–Kier alpha value is -1.87. The number of ether oxygens (including phenoxy) is 2. The van der Waals surface area contributed by atoms with E-state index in [4.69, 9.17) is 21.7 Å². The van der Waals surface area contributed by atoms with Gasteiger partial charge in [-0.1, -0.05) is 25.1 Å². The van der Waals surface area contributed by atoms with E-state index >= 15 is 0 Å². The molecule has 0 amide bonds. The first-order valence-corrected chi connectivity index (χ1v) is 8.33. The molecule has 0 fully saturated rings. The zero-order valence-electron chi connectivity index (χ0n) is 14.5. The highest BCUT2D eigenvalue weighted by molar-refractivity contribution is 7.80. The second kappa shape index (κ2) is 7.60. The molecule has 0 aromatic heterocycles. The van der Waals surface area contributed by atoms with Crippen LogP contribution >= 0.6 is 12.2 Å². The van der Waals surface area contributed by atoms with Gasteiger partial charge in [0.25, 0.3) is 0 Å². The number of hydrogen-bond donors (Lipinski definition) is 0. The maximum Gasteiger partial charge on any atom is 0.164 e. The standard InChI is InChI=1S/C20H24O2S/c1-6-17-8-7-9-19(22-16(5)23)18(17)12-21-20-11-14(3)13(2)10-15(20)4/h7-11H,6,12H2,1-5H3. The molecule has 0 saturated carbocycles. The fourth-order valence-corrected chi connectivity index (χ4v) is 2.69. The molecule has 2 aromatic rings. The van der Waals surface area contributed by atoms with Gasteiger partial charge in [0.15, 0.2) is 5.05 Å². The van der Waals surface area contributed by atoms with E-state index in [2.05, 4.69) is 45.9 Å². The average Bonchev–Trinajstić information content (AvgIpc) is 2.49. The van der Waals surface area contributed by atoms with E-state index < -0.39 is 0 Å². The number of rotatable bonds is 5. The van der Waals surface area contributed by atoms with Crippen LogP contribution in [0.2, 0.25) is 0 Å². The topological polar surface area (TPSA) is 18.5 Å². The molecule has 0 saturated heterocycles. The van der Waals surface area contributed by atoms with Gasteiger partial charge in [-0.25, -0.2) is 0 Å². The number of aryl methyl sites for hydroxylation is 4. The molecule has 2 aromatic carbocycles. The van der Waals surface area contributed by atoms with E-state index in [1.54, 1.807) is 6.92 Å². The largest absolute Gasteiger partial charge is 0.488 e. The SMILES string of the molecule is CCc1cccc(OC(C)=S)c1COc1cc(C)c(C)cc1C. The molecule has 0 aliphatic heterocycles. The predicted octanol–water partition coefficient (Wildman–Crippen LogP) is 5.48. The Morgan fingerprint density at radius 2 is 1.70 bits per heavy atom. The van der Waals surface area contributed by atoms with E-state index in [1.165, 1.54) is 16.7 Å². The molecule has 0 N–H and O–H groups in total. The van der Waals surface area contributed by atoms with Crippen LogP contribution in [0.15, 0.2) is 30.3 Å². The lowest BCUT2D eigenvalue weighted by atomic mass is 10.0. The first kappa shape index (κ1) is 17.5. The molecule has 0 aliphatic rings. The van der Waals surface area contributed by atoms with Gasteiger partial charge < -0.3 is 9.47 Å². The molecule has 2 nitrogen and oxygen atoms in total. The average molecular weight is 328 g/mol. The molecule has 0 aliphatic carbocycles. The van der Waals surface area contributed by atoms with Gasteiger partial charge in [0.05, 0.1) is 0 Å². The summed E-state index contributed by atoms with van der Waals surface area (Å²) in [5.41, 5.74) is 5.96. The normalized spacial score (nSPS) is 10.5. The van der Waals surface area contributed by atoms with Gasteiger partial charge in [0, 0.05) is 12.5 Å². The van der Waals surface area contributed by atoms with Crippen LogP contribution < -0.4 is 9.47 Å². The van der Waals surface area contributed by atoms with Crippen molar-refractivity contribution >= 4 is 17.3 Å². The highest BCUT2D eigenvalue weighted by Gasteiger charge is 2.12.